The predicted molar refractivity (Wildman–Crippen MR) is 105 cm³/mol. The second-order valence-corrected chi connectivity index (χ2v) is 7.24. The lowest BCUT2D eigenvalue weighted by Crippen LogP contribution is -2.27. The van der Waals surface area contributed by atoms with Crippen LogP contribution >= 0.6 is 0 Å². The van der Waals surface area contributed by atoms with Gasteiger partial charge in [0.1, 0.15) is 0 Å². The van der Waals surface area contributed by atoms with E-state index in [1.165, 1.54) is 5.56 Å². The molecule has 0 saturated carbocycles. The Balaban J connectivity index is 1.96. The molecular weight excluding hydrogens is 322 g/mol. The number of nitrogens with zero attached hydrogens (tertiary/aromatic N) is 2. The van der Waals surface area contributed by atoms with Gasteiger partial charge in [0.25, 0.3) is 0 Å². The van der Waals surface area contributed by atoms with Gasteiger partial charge in [-0.1, -0.05) is 50.2 Å². The minimum atomic E-state index is -0.169. The first kappa shape index (κ1) is 16.6. The van der Waals surface area contributed by atoms with Crippen LogP contribution in [0.2, 0.25) is 0 Å². The van der Waals surface area contributed by atoms with Gasteiger partial charge in [-0.2, -0.15) is 0 Å². The molecule has 0 radical (unpaired) electrons. The first-order valence-electron chi connectivity index (χ1n) is 9.03. The van der Waals surface area contributed by atoms with Gasteiger partial charge in [-0.25, -0.2) is 4.98 Å². The zero-order valence-electron chi connectivity index (χ0n) is 15.6. The van der Waals surface area contributed by atoms with Crippen molar-refractivity contribution in [1.82, 2.24) is 9.55 Å². The molecule has 1 atom stereocenters. The highest BCUT2D eigenvalue weighted by atomic mass is 16.1. The van der Waals surface area contributed by atoms with Crippen molar-refractivity contribution >= 4 is 22.8 Å². The number of imidazole rings is 1. The van der Waals surface area contributed by atoms with E-state index in [0.29, 0.717) is 5.92 Å². The van der Waals surface area contributed by atoms with Crippen LogP contribution in [0, 0.1) is 0 Å². The SMILES string of the molecule is CC(=O)C1=C(C)Nc2nc3ccccc3n2C1c1ccc(C(C)C)cc1. The summed E-state index contributed by atoms with van der Waals surface area (Å²) < 4.78 is 2.14. The summed E-state index contributed by atoms with van der Waals surface area (Å²) >= 11 is 0. The van der Waals surface area contributed by atoms with Crippen LogP contribution in [0.15, 0.2) is 59.8 Å². The summed E-state index contributed by atoms with van der Waals surface area (Å²) in [6, 6.07) is 16.5. The fourth-order valence-electron chi connectivity index (χ4n) is 3.80. The Morgan fingerprint density at radius 3 is 2.46 bits per heavy atom. The van der Waals surface area contributed by atoms with Crippen LogP contribution in [0.3, 0.4) is 0 Å². The number of para-hydroxylation sites is 2. The lowest BCUT2D eigenvalue weighted by Gasteiger charge is -2.30. The van der Waals surface area contributed by atoms with E-state index < -0.39 is 0 Å². The third kappa shape index (κ3) is 2.53. The monoisotopic (exact) mass is 345 g/mol. The first-order valence-corrected chi connectivity index (χ1v) is 9.03. The molecule has 2 aromatic carbocycles. The predicted octanol–water partition coefficient (Wildman–Crippen LogP) is 5.04. The summed E-state index contributed by atoms with van der Waals surface area (Å²) in [6.45, 7) is 7.97. The number of Topliss-reactive ketones (excluding diaryl/α,β-unsaturated/α-hetero) is 1. The van der Waals surface area contributed by atoms with Gasteiger partial charge in [0.2, 0.25) is 5.95 Å². The molecule has 1 unspecified atom stereocenters. The van der Waals surface area contributed by atoms with Gasteiger partial charge in [-0.05, 0) is 43.0 Å². The molecule has 132 valence electrons. The van der Waals surface area contributed by atoms with Crippen molar-refractivity contribution < 1.29 is 4.79 Å². The van der Waals surface area contributed by atoms with E-state index in [4.69, 9.17) is 4.98 Å². The average molecular weight is 345 g/mol. The highest BCUT2D eigenvalue weighted by Crippen LogP contribution is 2.39. The van der Waals surface area contributed by atoms with Crippen LogP contribution in [-0.2, 0) is 4.79 Å². The molecule has 0 spiro atoms. The van der Waals surface area contributed by atoms with Crippen molar-refractivity contribution in [2.75, 3.05) is 5.32 Å². The second kappa shape index (κ2) is 6.13. The largest absolute Gasteiger partial charge is 0.329 e. The number of carbonyl (C=O) groups is 1. The number of ketones is 1. The lowest BCUT2D eigenvalue weighted by molar-refractivity contribution is -0.114. The molecule has 2 heterocycles. The molecule has 0 saturated heterocycles. The minimum Gasteiger partial charge on any atom is -0.329 e. The van der Waals surface area contributed by atoms with E-state index in [2.05, 4.69) is 54.1 Å². The summed E-state index contributed by atoms with van der Waals surface area (Å²) in [5.74, 6) is 1.34. The van der Waals surface area contributed by atoms with Crippen molar-refractivity contribution in [3.05, 3.63) is 70.9 Å². The number of allylic oxidation sites excluding steroid dienone is 2. The van der Waals surface area contributed by atoms with E-state index in [9.17, 15) is 4.79 Å². The summed E-state index contributed by atoms with van der Waals surface area (Å²) in [7, 11) is 0. The maximum Gasteiger partial charge on any atom is 0.209 e. The molecule has 4 heteroatoms. The van der Waals surface area contributed by atoms with Gasteiger partial charge < -0.3 is 5.32 Å². The maximum absolute atomic E-state index is 12.5. The maximum atomic E-state index is 12.5. The normalized spacial score (nSPS) is 16.7. The van der Waals surface area contributed by atoms with Gasteiger partial charge in [0, 0.05) is 11.3 Å². The summed E-state index contributed by atoms with van der Waals surface area (Å²) in [5.41, 5.74) is 6.01. The molecule has 0 bridgehead atoms. The molecule has 3 aromatic rings. The zero-order chi connectivity index (χ0) is 18.4. The van der Waals surface area contributed by atoms with Gasteiger partial charge in [0.05, 0.1) is 17.1 Å². The smallest absolute Gasteiger partial charge is 0.209 e. The number of benzene rings is 2. The van der Waals surface area contributed by atoms with Crippen LogP contribution < -0.4 is 5.32 Å². The van der Waals surface area contributed by atoms with E-state index in [0.717, 1.165) is 33.8 Å². The Hall–Kier alpha value is -2.88. The van der Waals surface area contributed by atoms with Crippen molar-refractivity contribution in [1.29, 1.82) is 0 Å². The number of nitrogens with one attached hydrogen (secondary N) is 1. The number of rotatable bonds is 3. The number of anilines is 1. The van der Waals surface area contributed by atoms with Crippen LogP contribution in [0.25, 0.3) is 11.0 Å². The van der Waals surface area contributed by atoms with E-state index in [1.807, 2.05) is 25.1 Å². The molecule has 4 nitrogen and oxygen atoms in total. The third-order valence-electron chi connectivity index (χ3n) is 5.13. The Bertz CT molecular complexity index is 1030. The van der Waals surface area contributed by atoms with Crippen LogP contribution in [0.1, 0.15) is 50.8 Å². The first-order chi connectivity index (χ1) is 12.5. The number of aromatic nitrogens is 2. The number of carbonyl (C=O) groups excluding carboxylic acids is 1. The topological polar surface area (TPSA) is 46.9 Å². The number of hydrogen-bond acceptors (Lipinski definition) is 3. The Labute approximate surface area is 153 Å². The lowest BCUT2D eigenvalue weighted by atomic mass is 9.91. The minimum absolute atomic E-state index is 0.0800. The standard InChI is InChI=1S/C22H23N3O/c1-13(2)16-9-11-17(12-10-16)21-20(15(4)26)14(3)23-22-24-18-7-5-6-8-19(18)25(21)22/h5-13,21H,1-4H3,(H,23,24). The Kier molecular flexibility index (Phi) is 3.91. The molecule has 0 fully saturated rings. The zero-order valence-corrected chi connectivity index (χ0v) is 15.6. The van der Waals surface area contributed by atoms with Gasteiger partial charge >= 0.3 is 0 Å². The van der Waals surface area contributed by atoms with Crippen molar-refractivity contribution in [2.45, 2.75) is 39.7 Å². The molecule has 0 amide bonds. The molecule has 1 aromatic heterocycles. The van der Waals surface area contributed by atoms with Crippen LogP contribution in [-0.4, -0.2) is 15.3 Å². The van der Waals surface area contributed by atoms with Crippen molar-refractivity contribution in [3.8, 4) is 0 Å². The molecule has 26 heavy (non-hydrogen) atoms. The quantitative estimate of drug-likeness (QED) is 0.723. The summed E-state index contributed by atoms with van der Waals surface area (Å²) in [6.07, 6.45) is 0. The van der Waals surface area contributed by atoms with Crippen molar-refractivity contribution in [3.63, 3.8) is 0 Å². The number of hydrogen-bond donors (Lipinski definition) is 1. The average Bonchev–Trinajstić information content (AvgIpc) is 2.98. The Morgan fingerprint density at radius 2 is 1.81 bits per heavy atom. The third-order valence-corrected chi connectivity index (χ3v) is 5.13. The molecule has 4 rings (SSSR count). The molecule has 0 aliphatic carbocycles. The van der Waals surface area contributed by atoms with Crippen molar-refractivity contribution in [2.24, 2.45) is 0 Å². The van der Waals surface area contributed by atoms with E-state index >= 15 is 0 Å². The highest BCUT2D eigenvalue weighted by Gasteiger charge is 2.32. The Morgan fingerprint density at radius 1 is 1.12 bits per heavy atom. The molecular formula is C22H23N3O. The molecule has 1 aliphatic heterocycles. The molecule has 1 aliphatic rings. The van der Waals surface area contributed by atoms with Gasteiger partial charge in [-0.15, -0.1) is 0 Å². The number of fused-ring (bicyclic) bond motifs is 3. The van der Waals surface area contributed by atoms with Crippen LogP contribution in [0.4, 0.5) is 5.95 Å². The van der Waals surface area contributed by atoms with Gasteiger partial charge in [0.15, 0.2) is 5.78 Å². The summed E-state index contributed by atoms with van der Waals surface area (Å²) in [4.78, 5) is 17.2. The summed E-state index contributed by atoms with van der Waals surface area (Å²) in [5, 5.41) is 3.32. The fourth-order valence-corrected chi connectivity index (χ4v) is 3.80. The van der Waals surface area contributed by atoms with Gasteiger partial charge in [-0.3, -0.25) is 9.36 Å². The molecule has 1 N–H and O–H groups in total. The fraction of sp³-hybridized carbons (Fsp3) is 0.273. The van der Waals surface area contributed by atoms with E-state index in [-0.39, 0.29) is 11.8 Å². The second-order valence-electron chi connectivity index (χ2n) is 7.24. The van der Waals surface area contributed by atoms with Crippen LogP contribution in [0.5, 0.6) is 0 Å². The van der Waals surface area contributed by atoms with E-state index in [1.54, 1.807) is 6.92 Å². The highest BCUT2D eigenvalue weighted by molar-refractivity contribution is 5.97.